The molecule has 1 amide bonds. The van der Waals surface area contributed by atoms with Gasteiger partial charge in [-0.25, -0.2) is 18.2 Å². The van der Waals surface area contributed by atoms with Gasteiger partial charge in [-0.15, -0.1) is 0 Å². The Bertz CT molecular complexity index is 1050. The zero-order chi connectivity index (χ0) is 18.9. The van der Waals surface area contributed by atoms with Gasteiger partial charge in [-0.05, 0) is 35.9 Å². The topological polar surface area (TPSA) is 147 Å². The molecule has 3 aromatic rings. The average molecular weight is 371 g/mol. The van der Waals surface area contributed by atoms with Gasteiger partial charge in [-0.2, -0.15) is 5.10 Å². The maximum atomic E-state index is 11.5. The smallest absolute Gasteiger partial charge is 0.269 e. The Morgan fingerprint density at radius 3 is 2.15 bits per heavy atom. The number of hydrogen-bond donors (Lipinski definition) is 3. The molecular formula is C17H17N5O3S. The minimum Gasteiger partial charge on any atom is -0.364 e. The second kappa shape index (κ2) is 6.71. The van der Waals surface area contributed by atoms with Crippen LogP contribution in [0.2, 0.25) is 0 Å². The van der Waals surface area contributed by atoms with Crippen LogP contribution in [0.25, 0.3) is 16.9 Å². The second-order valence-electron chi connectivity index (χ2n) is 5.63. The number of benzene rings is 2. The number of sulfonamides is 1. The van der Waals surface area contributed by atoms with Gasteiger partial charge < -0.3 is 11.5 Å². The number of carbonyl (C=O) groups excluding carboxylic acids is 1. The molecule has 2 aromatic carbocycles. The average Bonchev–Trinajstić information content (AvgIpc) is 3.07. The van der Waals surface area contributed by atoms with E-state index in [4.69, 9.17) is 16.6 Å². The third kappa shape index (κ3) is 3.49. The van der Waals surface area contributed by atoms with E-state index in [0.717, 1.165) is 11.1 Å². The highest BCUT2D eigenvalue weighted by atomic mass is 32.2. The lowest BCUT2D eigenvalue weighted by molar-refractivity contribution is 0.0995. The van der Waals surface area contributed by atoms with Crippen LogP contribution in [-0.4, -0.2) is 24.1 Å². The van der Waals surface area contributed by atoms with Gasteiger partial charge in [0.25, 0.3) is 5.91 Å². The third-order valence-corrected chi connectivity index (χ3v) is 4.79. The van der Waals surface area contributed by atoms with Crippen molar-refractivity contribution in [3.05, 3.63) is 65.9 Å². The first-order valence-electron chi connectivity index (χ1n) is 7.62. The molecule has 26 heavy (non-hydrogen) atoms. The first kappa shape index (κ1) is 17.8. The van der Waals surface area contributed by atoms with Gasteiger partial charge in [0.1, 0.15) is 0 Å². The van der Waals surface area contributed by atoms with Crippen LogP contribution in [0.3, 0.4) is 0 Å². The van der Waals surface area contributed by atoms with Crippen LogP contribution in [0.4, 0.5) is 0 Å². The molecule has 0 unspecified atom stereocenters. The Balaban J connectivity index is 2.12. The number of primary amides is 1. The van der Waals surface area contributed by atoms with Crippen molar-refractivity contribution in [1.82, 2.24) is 9.78 Å². The van der Waals surface area contributed by atoms with E-state index in [1.807, 2.05) is 24.3 Å². The molecule has 0 aliphatic heterocycles. The molecule has 0 fully saturated rings. The van der Waals surface area contributed by atoms with E-state index in [1.54, 1.807) is 18.2 Å². The number of amides is 1. The molecule has 0 saturated heterocycles. The van der Waals surface area contributed by atoms with Crippen molar-refractivity contribution in [2.75, 3.05) is 0 Å². The van der Waals surface area contributed by atoms with Gasteiger partial charge in [0.15, 0.2) is 5.69 Å². The zero-order valence-corrected chi connectivity index (χ0v) is 14.5. The molecule has 1 heterocycles. The van der Waals surface area contributed by atoms with Gasteiger partial charge >= 0.3 is 0 Å². The number of rotatable bonds is 5. The summed E-state index contributed by atoms with van der Waals surface area (Å²) in [5.74, 6) is -0.662. The fourth-order valence-corrected chi connectivity index (χ4v) is 3.01. The number of nitrogens with zero attached hydrogens (tertiary/aromatic N) is 2. The molecule has 3 rings (SSSR count). The lowest BCUT2D eigenvalue weighted by Crippen LogP contribution is -2.13. The Labute approximate surface area is 150 Å². The summed E-state index contributed by atoms with van der Waals surface area (Å²) >= 11 is 0. The third-order valence-electron chi connectivity index (χ3n) is 3.86. The maximum absolute atomic E-state index is 11.5. The first-order valence-corrected chi connectivity index (χ1v) is 9.16. The number of aromatic nitrogens is 2. The van der Waals surface area contributed by atoms with Crippen molar-refractivity contribution >= 4 is 15.9 Å². The lowest BCUT2D eigenvalue weighted by Gasteiger charge is -2.09. The summed E-state index contributed by atoms with van der Waals surface area (Å²) in [7, 11) is -3.80. The van der Waals surface area contributed by atoms with Gasteiger partial charge in [0.05, 0.1) is 16.3 Å². The molecule has 8 nitrogen and oxygen atoms in total. The minimum absolute atomic E-state index is 0.0163. The SMILES string of the molecule is NCc1ccc(-c2cc(C(N)=O)nn2-c2ccc(S(N)(=O)=O)cc2)cc1. The van der Waals surface area contributed by atoms with Crippen LogP contribution in [0.15, 0.2) is 59.5 Å². The summed E-state index contributed by atoms with van der Waals surface area (Å²) in [6, 6.07) is 14.9. The minimum atomic E-state index is -3.80. The van der Waals surface area contributed by atoms with Gasteiger partial charge in [0.2, 0.25) is 10.0 Å². The molecule has 0 aliphatic carbocycles. The molecule has 9 heteroatoms. The standard InChI is InChI=1S/C17H17N5O3S/c18-10-11-1-3-12(4-2-11)16-9-15(17(19)23)21-22(16)13-5-7-14(8-6-13)26(20,24)25/h1-9H,10,18H2,(H2,19,23)(H2,20,24,25). The van der Waals surface area contributed by atoms with E-state index in [0.29, 0.717) is 17.9 Å². The number of primary sulfonamides is 1. The van der Waals surface area contributed by atoms with Crippen LogP contribution in [0.5, 0.6) is 0 Å². The molecular weight excluding hydrogens is 354 g/mol. The lowest BCUT2D eigenvalue weighted by atomic mass is 10.1. The second-order valence-corrected chi connectivity index (χ2v) is 7.19. The molecule has 0 saturated carbocycles. The number of carbonyl (C=O) groups is 1. The van der Waals surface area contributed by atoms with Crippen LogP contribution >= 0.6 is 0 Å². The summed E-state index contributed by atoms with van der Waals surface area (Å²) in [4.78, 5) is 11.5. The van der Waals surface area contributed by atoms with Gasteiger partial charge in [-0.3, -0.25) is 4.79 Å². The zero-order valence-electron chi connectivity index (χ0n) is 13.7. The molecule has 0 atom stereocenters. The van der Waals surface area contributed by atoms with E-state index in [-0.39, 0.29) is 10.6 Å². The molecule has 6 N–H and O–H groups in total. The molecule has 134 valence electrons. The number of nitrogens with two attached hydrogens (primary N) is 3. The Morgan fingerprint density at radius 2 is 1.65 bits per heavy atom. The molecule has 0 radical (unpaired) electrons. The van der Waals surface area contributed by atoms with E-state index >= 15 is 0 Å². The molecule has 0 aliphatic rings. The highest BCUT2D eigenvalue weighted by Gasteiger charge is 2.16. The van der Waals surface area contributed by atoms with Crippen molar-refractivity contribution < 1.29 is 13.2 Å². The summed E-state index contributed by atoms with van der Waals surface area (Å²) in [6.45, 7) is 0.418. The van der Waals surface area contributed by atoms with Crippen LogP contribution in [0, 0.1) is 0 Å². The van der Waals surface area contributed by atoms with E-state index in [1.165, 1.54) is 16.8 Å². The Morgan fingerprint density at radius 1 is 1.04 bits per heavy atom. The molecule has 0 bridgehead atoms. The fourth-order valence-electron chi connectivity index (χ4n) is 2.49. The first-order chi connectivity index (χ1) is 12.3. The molecule has 0 spiro atoms. The normalized spacial score (nSPS) is 11.5. The fraction of sp³-hybridized carbons (Fsp3) is 0.0588. The quantitative estimate of drug-likeness (QED) is 0.605. The summed E-state index contributed by atoms with van der Waals surface area (Å²) in [6.07, 6.45) is 0. The van der Waals surface area contributed by atoms with Crippen LogP contribution in [-0.2, 0) is 16.6 Å². The highest BCUT2D eigenvalue weighted by molar-refractivity contribution is 7.89. The predicted molar refractivity (Wildman–Crippen MR) is 96.8 cm³/mol. The highest BCUT2D eigenvalue weighted by Crippen LogP contribution is 2.25. The molecule has 1 aromatic heterocycles. The van der Waals surface area contributed by atoms with E-state index in [9.17, 15) is 13.2 Å². The van der Waals surface area contributed by atoms with Gasteiger partial charge in [-0.1, -0.05) is 24.3 Å². The van der Waals surface area contributed by atoms with Crippen molar-refractivity contribution in [2.24, 2.45) is 16.6 Å². The summed E-state index contributed by atoms with van der Waals surface area (Å²) < 4.78 is 24.3. The van der Waals surface area contributed by atoms with Crippen molar-refractivity contribution in [2.45, 2.75) is 11.4 Å². The predicted octanol–water partition coefficient (Wildman–Crippen LogP) is 0.744. The largest absolute Gasteiger partial charge is 0.364 e. The van der Waals surface area contributed by atoms with Crippen LogP contribution < -0.4 is 16.6 Å². The van der Waals surface area contributed by atoms with Gasteiger partial charge in [0, 0.05) is 12.1 Å². The van der Waals surface area contributed by atoms with Crippen molar-refractivity contribution in [3.63, 3.8) is 0 Å². The summed E-state index contributed by atoms with van der Waals surface area (Å²) in [5, 5.41) is 9.34. The van der Waals surface area contributed by atoms with Crippen molar-refractivity contribution in [1.29, 1.82) is 0 Å². The summed E-state index contributed by atoms with van der Waals surface area (Å²) in [5.41, 5.74) is 14.0. The van der Waals surface area contributed by atoms with Crippen molar-refractivity contribution in [3.8, 4) is 16.9 Å². The van der Waals surface area contributed by atoms with E-state index < -0.39 is 15.9 Å². The monoisotopic (exact) mass is 371 g/mol. The Kier molecular flexibility index (Phi) is 4.60. The maximum Gasteiger partial charge on any atom is 0.269 e. The van der Waals surface area contributed by atoms with Crippen LogP contribution in [0.1, 0.15) is 16.1 Å². The number of hydrogen-bond acceptors (Lipinski definition) is 5. The Hall–Kier alpha value is -3.01. The van der Waals surface area contributed by atoms with E-state index in [2.05, 4.69) is 5.10 Å².